The summed E-state index contributed by atoms with van der Waals surface area (Å²) in [6.45, 7) is 2.82. The minimum Gasteiger partial charge on any atom is -0.497 e. The number of anilines is 1. The molecule has 0 atom stereocenters. The second-order valence-corrected chi connectivity index (χ2v) is 5.09. The Labute approximate surface area is 129 Å². The zero-order valence-corrected chi connectivity index (χ0v) is 12.6. The molecule has 0 spiro atoms. The fourth-order valence-corrected chi connectivity index (χ4v) is 2.88. The van der Waals surface area contributed by atoms with Crippen LogP contribution in [0.1, 0.15) is 12.5 Å². The lowest BCUT2D eigenvalue weighted by atomic mass is 10.1. The van der Waals surface area contributed by atoms with E-state index in [1.165, 1.54) is 0 Å². The lowest BCUT2D eigenvalue weighted by molar-refractivity contribution is 0.415. The van der Waals surface area contributed by atoms with Crippen molar-refractivity contribution >= 4 is 16.6 Å². The van der Waals surface area contributed by atoms with E-state index in [1.807, 2.05) is 42.5 Å². The van der Waals surface area contributed by atoms with Crippen LogP contribution in [0, 0.1) is 11.3 Å². The molecule has 3 aromatic rings. The minimum absolute atomic E-state index is 0.671. The van der Waals surface area contributed by atoms with E-state index in [-0.39, 0.29) is 0 Å². The Bertz CT molecular complexity index is 887. The molecule has 2 N–H and O–H groups in total. The van der Waals surface area contributed by atoms with E-state index in [1.54, 1.807) is 7.11 Å². The van der Waals surface area contributed by atoms with Gasteiger partial charge in [-0.25, -0.2) is 0 Å². The van der Waals surface area contributed by atoms with E-state index in [0.717, 1.165) is 34.5 Å². The van der Waals surface area contributed by atoms with Gasteiger partial charge in [0.25, 0.3) is 0 Å². The van der Waals surface area contributed by atoms with Crippen molar-refractivity contribution in [3.05, 3.63) is 48.0 Å². The highest BCUT2D eigenvalue weighted by molar-refractivity contribution is 5.95. The van der Waals surface area contributed by atoms with Crippen LogP contribution in [0.15, 0.2) is 42.5 Å². The molecule has 4 heteroatoms. The highest BCUT2D eigenvalue weighted by atomic mass is 16.5. The summed E-state index contributed by atoms with van der Waals surface area (Å²) >= 11 is 0. The third kappa shape index (κ3) is 2.08. The minimum atomic E-state index is 0.671. The molecule has 0 aliphatic rings. The van der Waals surface area contributed by atoms with Crippen molar-refractivity contribution in [3.8, 4) is 23.1 Å². The number of nitrogens with two attached hydrogens (primary N) is 1. The zero-order chi connectivity index (χ0) is 15.7. The van der Waals surface area contributed by atoms with Gasteiger partial charge in [-0.2, -0.15) is 5.26 Å². The predicted octanol–water partition coefficient (Wildman–Crippen LogP) is 3.79. The van der Waals surface area contributed by atoms with Crippen LogP contribution in [0.25, 0.3) is 22.2 Å². The summed E-state index contributed by atoms with van der Waals surface area (Å²) < 4.78 is 7.44. The Kier molecular flexibility index (Phi) is 3.48. The first kappa shape index (κ1) is 14.0. The number of ether oxygens (including phenoxy) is 1. The number of nitriles is 1. The molecule has 0 aliphatic heterocycles. The van der Waals surface area contributed by atoms with Crippen molar-refractivity contribution in [2.24, 2.45) is 0 Å². The maximum Gasteiger partial charge on any atom is 0.120 e. The number of hydrogen-bond donors (Lipinski definition) is 1. The monoisotopic (exact) mass is 291 g/mol. The number of aromatic nitrogens is 1. The highest BCUT2D eigenvalue weighted by Crippen LogP contribution is 2.35. The van der Waals surface area contributed by atoms with Crippen LogP contribution >= 0.6 is 0 Å². The Morgan fingerprint density at radius 3 is 2.68 bits per heavy atom. The number of nitrogen functional groups attached to an aromatic ring is 1. The molecule has 2 aromatic carbocycles. The summed E-state index contributed by atoms with van der Waals surface area (Å²) in [6.07, 6.45) is 0. The van der Waals surface area contributed by atoms with Gasteiger partial charge in [-0.1, -0.05) is 12.1 Å². The Hall–Kier alpha value is -2.93. The van der Waals surface area contributed by atoms with Gasteiger partial charge in [-0.3, -0.25) is 0 Å². The van der Waals surface area contributed by atoms with Gasteiger partial charge in [0.2, 0.25) is 0 Å². The van der Waals surface area contributed by atoms with Crippen LogP contribution in [-0.2, 0) is 6.54 Å². The van der Waals surface area contributed by atoms with E-state index < -0.39 is 0 Å². The molecule has 0 radical (unpaired) electrons. The van der Waals surface area contributed by atoms with Crippen molar-refractivity contribution < 1.29 is 4.74 Å². The molecule has 110 valence electrons. The van der Waals surface area contributed by atoms with Gasteiger partial charge in [-0.15, -0.1) is 0 Å². The molecule has 0 amide bonds. The SMILES string of the molecule is CCn1c(-c2cccc(N)c2)c(C#N)c2ccc(OC)cc21. The first-order valence-electron chi connectivity index (χ1n) is 7.15. The zero-order valence-electron chi connectivity index (χ0n) is 12.6. The molecule has 4 nitrogen and oxygen atoms in total. The number of fused-ring (bicyclic) bond motifs is 1. The van der Waals surface area contributed by atoms with Gasteiger partial charge in [0.1, 0.15) is 11.8 Å². The van der Waals surface area contributed by atoms with Crippen molar-refractivity contribution in [2.75, 3.05) is 12.8 Å². The molecular formula is C18H17N3O. The van der Waals surface area contributed by atoms with Gasteiger partial charge in [-0.05, 0) is 31.2 Å². The van der Waals surface area contributed by atoms with E-state index in [4.69, 9.17) is 10.5 Å². The lowest BCUT2D eigenvalue weighted by Crippen LogP contribution is -1.98. The molecule has 0 saturated carbocycles. The summed E-state index contributed by atoms with van der Waals surface area (Å²) in [6, 6.07) is 15.8. The first-order chi connectivity index (χ1) is 10.7. The molecule has 1 heterocycles. The second kappa shape index (κ2) is 5.45. The van der Waals surface area contributed by atoms with Crippen LogP contribution in [0.4, 0.5) is 5.69 Å². The van der Waals surface area contributed by atoms with Crippen LogP contribution in [0.2, 0.25) is 0 Å². The summed E-state index contributed by atoms with van der Waals surface area (Å²) in [7, 11) is 1.64. The fourth-order valence-electron chi connectivity index (χ4n) is 2.88. The Morgan fingerprint density at radius 1 is 1.23 bits per heavy atom. The van der Waals surface area contributed by atoms with Crippen molar-refractivity contribution in [3.63, 3.8) is 0 Å². The lowest BCUT2D eigenvalue weighted by Gasteiger charge is -2.09. The molecule has 0 unspecified atom stereocenters. The summed E-state index contributed by atoms with van der Waals surface area (Å²) in [5, 5.41) is 10.6. The maximum absolute atomic E-state index is 9.66. The molecule has 0 aliphatic carbocycles. The number of aryl methyl sites for hydroxylation is 1. The predicted molar refractivity (Wildman–Crippen MR) is 88.7 cm³/mol. The van der Waals surface area contributed by atoms with Gasteiger partial charge < -0.3 is 15.0 Å². The van der Waals surface area contributed by atoms with Gasteiger partial charge in [0.15, 0.2) is 0 Å². The summed E-state index contributed by atoms with van der Waals surface area (Å²) in [5.74, 6) is 0.781. The van der Waals surface area contributed by atoms with Crippen LogP contribution in [0.5, 0.6) is 5.75 Å². The first-order valence-corrected chi connectivity index (χ1v) is 7.15. The van der Waals surface area contributed by atoms with E-state index in [0.29, 0.717) is 11.3 Å². The van der Waals surface area contributed by atoms with Crippen molar-refractivity contribution in [2.45, 2.75) is 13.5 Å². The van der Waals surface area contributed by atoms with Crippen LogP contribution in [0.3, 0.4) is 0 Å². The standard InChI is InChI=1S/C18H17N3O/c1-3-21-17-10-14(22-2)7-8-15(17)16(11-19)18(21)12-5-4-6-13(20)9-12/h4-10H,3,20H2,1-2H3. The highest BCUT2D eigenvalue weighted by Gasteiger charge is 2.18. The van der Waals surface area contributed by atoms with Crippen LogP contribution < -0.4 is 10.5 Å². The van der Waals surface area contributed by atoms with E-state index in [9.17, 15) is 5.26 Å². The topological polar surface area (TPSA) is 64.0 Å². The number of methoxy groups -OCH3 is 1. The summed E-state index contributed by atoms with van der Waals surface area (Å²) in [4.78, 5) is 0. The molecule has 0 bridgehead atoms. The largest absolute Gasteiger partial charge is 0.497 e. The molecule has 3 rings (SSSR count). The summed E-state index contributed by atoms with van der Waals surface area (Å²) in [5.41, 5.74) is 10.1. The normalized spacial score (nSPS) is 10.6. The third-order valence-corrected chi connectivity index (χ3v) is 3.86. The number of rotatable bonds is 3. The average molecular weight is 291 g/mol. The van der Waals surface area contributed by atoms with Gasteiger partial charge >= 0.3 is 0 Å². The van der Waals surface area contributed by atoms with E-state index >= 15 is 0 Å². The Balaban J connectivity index is 2.40. The Morgan fingerprint density at radius 2 is 2.05 bits per heavy atom. The average Bonchev–Trinajstić information content (AvgIpc) is 2.87. The number of nitrogens with zero attached hydrogens (tertiary/aromatic N) is 2. The fraction of sp³-hybridized carbons (Fsp3) is 0.167. The van der Waals surface area contributed by atoms with Crippen LogP contribution in [-0.4, -0.2) is 11.7 Å². The molecular weight excluding hydrogens is 274 g/mol. The molecule has 0 saturated heterocycles. The third-order valence-electron chi connectivity index (χ3n) is 3.86. The number of hydrogen-bond acceptors (Lipinski definition) is 3. The van der Waals surface area contributed by atoms with Crippen molar-refractivity contribution in [1.29, 1.82) is 5.26 Å². The number of benzene rings is 2. The molecule has 0 fully saturated rings. The quantitative estimate of drug-likeness (QED) is 0.747. The molecule has 22 heavy (non-hydrogen) atoms. The van der Waals surface area contributed by atoms with Gasteiger partial charge in [0.05, 0.1) is 23.9 Å². The maximum atomic E-state index is 9.66. The smallest absolute Gasteiger partial charge is 0.120 e. The second-order valence-electron chi connectivity index (χ2n) is 5.09. The van der Waals surface area contributed by atoms with Gasteiger partial charge in [0, 0.05) is 29.2 Å². The van der Waals surface area contributed by atoms with E-state index in [2.05, 4.69) is 17.6 Å². The molecule has 1 aromatic heterocycles. The van der Waals surface area contributed by atoms with Crippen molar-refractivity contribution in [1.82, 2.24) is 4.57 Å².